The maximum absolute atomic E-state index is 13.0. The first kappa shape index (κ1) is 18.0. The first-order chi connectivity index (χ1) is 11.0. The van der Waals surface area contributed by atoms with Gasteiger partial charge in [-0.15, -0.1) is 13.2 Å². The average Bonchev–Trinajstić information content (AvgIpc) is 2.44. The third-order valence-corrected chi connectivity index (χ3v) is 2.99. The maximum atomic E-state index is 13.0. The van der Waals surface area contributed by atoms with Gasteiger partial charge in [-0.1, -0.05) is 18.2 Å². The molecule has 1 nitrogen and oxygen atoms in total. The van der Waals surface area contributed by atoms with Crippen LogP contribution in [0.3, 0.4) is 0 Å². The fraction of sp³-hybridized carbons (Fsp3) is 0.200. The Balaban J connectivity index is 2.55. The Labute approximate surface area is 130 Å². The summed E-state index contributed by atoms with van der Waals surface area (Å²) in [5.41, 5.74) is -2.69. The number of hydrogen-bond donors (Lipinski definition) is 0. The molecule has 24 heavy (non-hydrogen) atoms. The lowest BCUT2D eigenvalue weighted by Crippen LogP contribution is -2.17. The monoisotopic (exact) mass is 356 g/mol. The van der Waals surface area contributed by atoms with Crippen LogP contribution in [0.25, 0.3) is 11.1 Å². The van der Waals surface area contributed by atoms with Crippen molar-refractivity contribution in [2.45, 2.75) is 19.0 Å². The van der Waals surface area contributed by atoms with Crippen LogP contribution >= 0.6 is 0 Å². The average molecular weight is 356 g/mol. The zero-order valence-corrected chi connectivity index (χ0v) is 11.6. The van der Waals surface area contributed by atoms with Gasteiger partial charge in [0.2, 0.25) is 0 Å². The summed E-state index contributed by atoms with van der Waals surface area (Å²) in [6.45, 7) is 0. The van der Waals surface area contributed by atoms with E-state index < -0.39 is 41.4 Å². The molecule has 2 aromatic carbocycles. The predicted octanol–water partition coefficient (Wildman–Crippen LogP) is 6.21. The second-order valence-corrected chi connectivity index (χ2v) is 4.68. The minimum Gasteiger partial charge on any atom is -0.406 e. The number of benzene rings is 2. The van der Waals surface area contributed by atoms with Crippen molar-refractivity contribution < 1.29 is 39.9 Å². The first-order valence-electron chi connectivity index (χ1n) is 6.33. The van der Waals surface area contributed by atoms with Gasteiger partial charge in [-0.05, 0) is 35.4 Å². The van der Waals surface area contributed by atoms with Crippen molar-refractivity contribution in [2.24, 2.45) is 0 Å². The molecule has 0 aliphatic rings. The van der Waals surface area contributed by atoms with Gasteiger partial charge in [0.1, 0.15) is 5.75 Å². The van der Waals surface area contributed by atoms with E-state index in [2.05, 4.69) is 4.74 Å². The van der Waals surface area contributed by atoms with E-state index >= 15 is 0 Å². The van der Waals surface area contributed by atoms with Crippen LogP contribution in [-0.4, -0.2) is 6.36 Å². The number of alkyl halides is 8. The third-order valence-electron chi connectivity index (χ3n) is 2.99. The third kappa shape index (κ3) is 4.36. The molecule has 0 heterocycles. The van der Waals surface area contributed by atoms with Crippen molar-refractivity contribution in [3.8, 4) is 16.9 Å². The van der Waals surface area contributed by atoms with Crippen molar-refractivity contribution in [2.75, 3.05) is 0 Å². The molecule has 0 N–H and O–H groups in total. The lowest BCUT2D eigenvalue weighted by atomic mass is 9.97. The van der Waals surface area contributed by atoms with Crippen molar-refractivity contribution in [3.63, 3.8) is 0 Å². The first-order valence-corrected chi connectivity index (χ1v) is 6.33. The van der Waals surface area contributed by atoms with Crippen LogP contribution < -0.4 is 4.74 Å². The number of halogens is 8. The summed E-state index contributed by atoms with van der Waals surface area (Å²) in [5.74, 6) is -0.724. The quantitative estimate of drug-likeness (QED) is 0.594. The summed E-state index contributed by atoms with van der Waals surface area (Å²) in [7, 11) is 0. The van der Waals surface area contributed by atoms with Crippen molar-refractivity contribution in [3.05, 3.63) is 53.6 Å². The number of hydrogen-bond acceptors (Lipinski definition) is 1. The molecule has 0 unspecified atom stereocenters. The zero-order valence-electron chi connectivity index (χ0n) is 11.6. The van der Waals surface area contributed by atoms with Crippen LogP contribution in [-0.2, 0) is 6.18 Å². The summed E-state index contributed by atoms with van der Waals surface area (Å²) in [4.78, 5) is 0. The lowest BCUT2D eigenvalue weighted by molar-refractivity contribution is -0.274. The molecule has 2 rings (SSSR count). The van der Waals surface area contributed by atoms with Gasteiger partial charge in [-0.3, -0.25) is 0 Å². The number of ether oxygens (including phenoxy) is 1. The molecule has 130 valence electrons. The Morgan fingerprint density at radius 1 is 0.833 bits per heavy atom. The van der Waals surface area contributed by atoms with E-state index in [4.69, 9.17) is 0 Å². The fourth-order valence-electron chi connectivity index (χ4n) is 2.03. The fourth-order valence-corrected chi connectivity index (χ4v) is 2.03. The van der Waals surface area contributed by atoms with E-state index in [0.717, 1.165) is 24.3 Å². The summed E-state index contributed by atoms with van der Waals surface area (Å²) >= 11 is 0. The van der Waals surface area contributed by atoms with Gasteiger partial charge < -0.3 is 4.74 Å². The van der Waals surface area contributed by atoms with Crippen LogP contribution in [0.4, 0.5) is 35.1 Å². The van der Waals surface area contributed by atoms with Gasteiger partial charge >= 0.3 is 12.5 Å². The molecule has 0 atom stereocenters. The molecule has 0 saturated carbocycles. The van der Waals surface area contributed by atoms with Gasteiger partial charge in [0.25, 0.3) is 6.43 Å². The van der Waals surface area contributed by atoms with Crippen molar-refractivity contribution >= 4 is 0 Å². The summed E-state index contributed by atoms with van der Waals surface area (Å²) in [6.07, 6.45) is -12.9. The highest BCUT2D eigenvalue weighted by atomic mass is 19.4. The van der Waals surface area contributed by atoms with E-state index in [0.29, 0.717) is 18.2 Å². The van der Waals surface area contributed by atoms with Gasteiger partial charge in [-0.25, -0.2) is 8.78 Å². The SMILES string of the molecule is FC(F)c1ccc(C(F)(F)F)cc1-c1cccc(OC(F)(F)F)c1. The largest absolute Gasteiger partial charge is 0.573 e. The molecule has 0 aromatic heterocycles. The molecular weight excluding hydrogens is 348 g/mol. The van der Waals surface area contributed by atoms with Crippen LogP contribution in [0.15, 0.2) is 42.5 Å². The molecule has 0 saturated heterocycles. The van der Waals surface area contributed by atoms with Crippen LogP contribution in [0.2, 0.25) is 0 Å². The molecule has 0 fully saturated rings. The molecule has 0 bridgehead atoms. The van der Waals surface area contributed by atoms with Gasteiger partial charge in [-0.2, -0.15) is 13.2 Å². The molecule has 2 aromatic rings. The summed E-state index contributed by atoms with van der Waals surface area (Å²) in [6, 6.07) is 5.38. The van der Waals surface area contributed by atoms with Crippen molar-refractivity contribution in [1.29, 1.82) is 0 Å². The standard InChI is InChI=1S/C15H8F8O/c16-13(17)11-5-4-9(14(18,19)20)7-12(11)8-2-1-3-10(6-8)24-15(21,22)23/h1-7,13H. The van der Waals surface area contributed by atoms with E-state index in [9.17, 15) is 35.1 Å². The van der Waals surface area contributed by atoms with Crippen molar-refractivity contribution in [1.82, 2.24) is 0 Å². The Kier molecular flexibility index (Phi) is 4.73. The Morgan fingerprint density at radius 3 is 2.04 bits per heavy atom. The normalized spacial score (nSPS) is 12.5. The van der Waals surface area contributed by atoms with Crippen LogP contribution in [0.5, 0.6) is 5.75 Å². The van der Waals surface area contributed by atoms with Crippen LogP contribution in [0.1, 0.15) is 17.6 Å². The molecule has 0 aliphatic carbocycles. The van der Waals surface area contributed by atoms with Gasteiger partial charge in [0.15, 0.2) is 0 Å². The minimum absolute atomic E-state index is 0.252. The van der Waals surface area contributed by atoms with Crippen LogP contribution in [0, 0.1) is 0 Å². The maximum Gasteiger partial charge on any atom is 0.573 e. The lowest BCUT2D eigenvalue weighted by Gasteiger charge is -2.15. The molecule has 9 heteroatoms. The zero-order chi connectivity index (χ0) is 18.1. The highest BCUT2D eigenvalue weighted by Gasteiger charge is 2.33. The molecule has 0 amide bonds. The van der Waals surface area contributed by atoms with E-state index in [-0.39, 0.29) is 5.56 Å². The Bertz CT molecular complexity index is 718. The highest BCUT2D eigenvalue weighted by Crippen LogP contribution is 2.38. The highest BCUT2D eigenvalue weighted by molar-refractivity contribution is 5.70. The van der Waals surface area contributed by atoms with E-state index in [1.165, 1.54) is 0 Å². The number of rotatable bonds is 3. The molecule has 0 aliphatic heterocycles. The summed E-state index contributed by atoms with van der Waals surface area (Å²) < 4.78 is 105. The summed E-state index contributed by atoms with van der Waals surface area (Å²) in [5, 5.41) is 0. The minimum atomic E-state index is -5.02. The molecular formula is C15H8F8O. The van der Waals surface area contributed by atoms with E-state index in [1.807, 2.05) is 0 Å². The molecule has 0 radical (unpaired) electrons. The van der Waals surface area contributed by atoms with Gasteiger partial charge in [0.05, 0.1) is 5.56 Å². The topological polar surface area (TPSA) is 9.23 Å². The molecule has 0 spiro atoms. The Hall–Kier alpha value is -2.32. The second-order valence-electron chi connectivity index (χ2n) is 4.68. The Morgan fingerprint density at radius 2 is 1.50 bits per heavy atom. The predicted molar refractivity (Wildman–Crippen MR) is 68.5 cm³/mol. The van der Waals surface area contributed by atoms with E-state index in [1.54, 1.807) is 0 Å². The smallest absolute Gasteiger partial charge is 0.406 e. The second kappa shape index (κ2) is 6.29. The van der Waals surface area contributed by atoms with Gasteiger partial charge in [0, 0.05) is 5.56 Å².